The number of benzene rings is 1. The molecule has 5 nitrogen and oxygen atoms in total. The van der Waals surface area contributed by atoms with Crippen LogP contribution >= 0.6 is 0 Å². The molecule has 0 saturated heterocycles. The van der Waals surface area contributed by atoms with Gasteiger partial charge in [0.2, 0.25) is 5.91 Å². The van der Waals surface area contributed by atoms with Crippen LogP contribution in [0.2, 0.25) is 0 Å². The first-order chi connectivity index (χ1) is 10.7. The van der Waals surface area contributed by atoms with Gasteiger partial charge in [0.15, 0.2) is 0 Å². The molecular weight excluding hydrogens is 282 g/mol. The summed E-state index contributed by atoms with van der Waals surface area (Å²) in [6, 6.07) is 9.35. The largest absolute Gasteiger partial charge is 0.497 e. The van der Waals surface area contributed by atoms with Gasteiger partial charge in [0.25, 0.3) is 0 Å². The third-order valence-corrected chi connectivity index (χ3v) is 3.18. The van der Waals surface area contributed by atoms with Crippen LogP contribution in [-0.2, 0) is 9.53 Å². The standard InChI is InChI=1S/C17H19NO4/c1-20-15-5-3-4-14(10-15)16(21-2)11-18-17(19)7-6-13-8-9-22-12-13/h3-10,12,16H,11H2,1-2H3,(H,18,19)/b7-6+/t16-/m1/s1. The van der Waals surface area contributed by atoms with Gasteiger partial charge in [-0.05, 0) is 29.8 Å². The highest BCUT2D eigenvalue weighted by Gasteiger charge is 2.12. The first-order valence-electron chi connectivity index (χ1n) is 6.88. The van der Waals surface area contributed by atoms with Crippen molar-refractivity contribution in [1.82, 2.24) is 5.32 Å². The van der Waals surface area contributed by atoms with Crippen molar-refractivity contribution in [2.45, 2.75) is 6.10 Å². The molecule has 116 valence electrons. The summed E-state index contributed by atoms with van der Waals surface area (Å²) in [7, 11) is 3.22. The minimum Gasteiger partial charge on any atom is -0.497 e. The molecule has 0 aliphatic rings. The number of nitrogens with one attached hydrogen (secondary N) is 1. The lowest BCUT2D eigenvalue weighted by Crippen LogP contribution is -2.27. The molecule has 0 spiro atoms. The van der Waals surface area contributed by atoms with Gasteiger partial charge in [0.05, 0.1) is 25.7 Å². The minimum atomic E-state index is -0.235. The summed E-state index contributed by atoms with van der Waals surface area (Å²) in [4.78, 5) is 11.8. The number of hydrogen-bond acceptors (Lipinski definition) is 4. The number of hydrogen-bond donors (Lipinski definition) is 1. The minimum absolute atomic E-state index is 0.189. The Labute approximate surface area is 129 Å². The van der Waals surface area contributed by atoms with Crippen LogP contribution in [-0.4, -0.2) is 26.7 Å². The van der Waals surface area contributed by atoms with Crippen LogP contribution in [0, 0.1) is 0 Å². The molecule has 0 radical (unpaired) electrons. The van der Waals surface area contributed by atoms with Crippen molar-refractivity contribution in [2.24, 2.45) is 0 Å². The monoisotopic (exact) mass is 301 g/mol. The van der Waals surface area contributed by atoms with E-state index in [1.807, 2.05) is 24.3 Å². The number of ether oxygens (including phenoxy) is 2. The number of rotatable bonds is 7. The first-order valence-corrected chi connectivity index (χ1v) is 6.88. The van der Waals surface area contributed by atoms with E-state index in [2.05, 4.69) is 5.32 Å². The van der Waals surface area contributed by atoms with E-state index in [4.69, 9.17) is 13.9 Å². The number of carbonyl (C=O) groups is 1. The number of carbonyl (C=O) groups excluding carboxylic acids is 1. The molecule has 0 saturated carbocycles. The second kappa shape index (κ2) is 8.05. The maximum atomic E-state index is 11.8. The highest BCUT2D eigenvalue weighted by molar-refractivity contribution is 5.91. The quantitative estimate of drug-likeness (QED) is 0.799. The zero-order valence-corrected chi connectivity index (χ0v) is 12.6. The van der Waals surface area contributed by atoms with E-state index in [0.717, 1.165) is 16.9 Å². The second-order valence-electron chi connectivity index (χ2n) is 4.64. The lowest BCUT2D eigenvalue weighted by molar-refractivity contribution is -0.117. The Kier molecular flexibility index (Phi) is 5.80. The van der Waals surface area contributed by atoms with Crippen molar-refractivity contribution in [3.63, 3.8) is 0 Å². The summed E-state index contributed by atoms with van der Waals surface area (Å²) < 4.78 is 15.5. The smallest absolute Gasteiger partial charge is 0.244 e. The van der Waals surface area contributed by atoms with Gasteiger partial charge in [-0.1, -0.05) is 12.1 Å². The molecule has 2 aromatic rings. The van der Waals surface area contributed by atoms with Crippen molar-refractivity contribution in [3.8, 4) is 5.75 Å². The molecule has 0 aliphatic heterocycles. The third-order valence-electron chi connectivity index (χ3n) is 3.18. The molecule has 0 bridgehead atoms. The maximum Gasteiger partial charge on any atom is 0.244 e. The van der Waals surface area contributed by atoms with E-state index in [1.165, 1.54) is 6.08 Å². The van der Waals surface area contributed by atoms with Crippen LogP contribution < -0.4 is 10.1 Å². The summed E-state index contributed by atoms with van der Waals surface area (Å²) in [6.07, 6.45) is 6.04. The van der Waals surface area contributed by atoms with Crippen LogP contribution in [0.4, 0.5) is 0 Å². The summed E-state index contributed by atoms with van der Waals surface area (Å²) in [6.45, 7) is 0.373. The fourth-order valence-electron chi connectivity index (χ4n) is 1.97. The Morgan fingerprint density at radius 1 is 1.36 bits per heavy atom. The molecule has 0 unspecified atom stereocenters. The molecule has 1 amide bonds. The lowest BCUT2D eigenvalue weighted by Gasteiger charge is -2.16. The average molecular weight is 301 g/mol. The number of furan rings is 1. The molecule has 5 heteroatoms. The molecule has 2 rings (SSSR count). The van der Waals surface area contributed by atoms with Crippen LogP contribution in [0.3, 0.4) is 0 Å². The highest BCUT2D eigenvalue weighted by Crippen LogP contribution is 2.20. The summed E-state index contributed by atoms with van der Waals surface area (Å²) in [5.41, 5.74) is 1.78. The van der Waals surface area contributed by atoms with Gasteiger partial charge in [0.1, 0.15) is 5.75 Å². The van der Waals surface area contributed by atoms with E-state index < -0.39 is 0 Å². The van der Waals surface area contributed by atoms with Gasteiger partial charge in [-0.3, -0.25) is 4.79 Å². The molecular formula is C17H19NO4. The van der Waals surface area contributed by atoms with Crippen molar-refractivity contribution in [1.29, 1.82) is 0 Å². The van der Waals surface area contributed by atoms with Gasteiger partial charge >= 0.3 is 0 Å². The van der Waals surface area contributed by atoms with Crippen LogP contribution in [0.15, 0.2) is 53.4 Å². The van der Waals surface area contributed by atoms with E-state index in [1.54, 1.807) is 38.9 Å². The molecule has 0 aliphatic carbocycles. The van der Waals surface area contributed by atoms with Crippen LogP contribution in [0.1, 0.15) is 17.2 Å². The summed E-state index contributed by atoms with van der Waals surface area (Å²) in [5.74, 6) is 0.567. The maximum absolute atomic E-state index is 11.8. The van der Waals surface area contributed by atoms with Crippen LogP contribution in [0.25, 0.3) is 6.08 Å². The number of amides is 1. The van der Waals surface area contributed by atoms with E-state index in [-0.39, 0.29) is 12.0 Å². The topological polar surface area (TPSA) is 60.7 Å². The molecule has 1 aromatic heterocycles. The Hall–Kier alpha value is -2.53. The van der Waals surface area contributed by atoms with Gasteiger partial charge in [-0.2, -0.15) is 0 Å². The Morgan fingerprint density at radius 2 is 2.23 bits per heavy atom. The Balaban J connectivity index is 1.91. The molecule has 1 heterocycles. The number of methoxy groups -OCH3 is 2. The van der Waals surface area contributed by atoms with Crippen LogP contribution in [0.5, 0.6) is 5.75 Å². The predicted molar refractivity (Wildman–Crippen MR) is 83.5 cm³/mol. The molecule has 0 fully saturated rings. The van der Waals surface area contributed by atoms with E-state index >= 15 is 0 Å². The summed E-state index contributed by atoms with van der Waals surface area (Å²) >= 11 is 0. The second-order valence-corrected chi connectivity index (χ2v) is 4.64. The molecule has 1 N–H and O–H groups in total. The fraction of sp³-hybridized carbons (Fsp3) is 0.235. The fourth-order valence-corrected chi connectivity index (χ4v) is 1.97. The van der Waals surface area contributed by atoms with Crippen molar-refractivity contribution >= 4 is 12.0 Å². The third kappa shape index (κ3) is 4.49. The van der Waals surface area contributed by atoms with Crippen molar-refractivity contribution in [2.75, 3.05) is 20.8 Å². The van der Waals surface area contributed by atoms with Gasteiger partial charge in [0, 0.05) is 25.3 Å². The zero-order chi connectivity index (χ0) is 15.8. The lowest BCUT2D eigenvalue weighted by atomic mass is 10.1. The van der Waals surface area contributed by atoms with E-state index in [0.29, 0.717) is 6.54 Å². The highest BCUT2D eigenvalue weighted by atomic mass is 16.5. The average Bonchev–Trinajstić information content (AvgIpc) is 3.07. The van der Waals surface area contributed by atoms with Crippen molar-refractivity contribution in [3.05, 3.63) is 60.1 Å². The normalized spacial score (nSPS) is 12.3. The Morgan fingerprint density at radius 3 is 2.91 bits per heavy atom. The molecule has 1 atom stereocenters. The first kappa shape index (κ1) is 15.9. The predicted octanol–water partition coefficient (Wildman–Crippen LogP) is 2.81. The van der Waals surface area contributed by atoms with Crippen molar-refractivity contribution < 1.29 is 18.7 Å². The molecule has 1 aromatic carbocycles. The Bertz CT molecular complexity index is 619. The SMILES string of the molecule is COc1cccc([C@@H](CNC(=O)/C=C/c2ccoc2)OC)c1. The van der Waals surface area contributed by atoms with Gasteiger partial charge in [-0.25, -0.2) is 0 Å². The van der Waals surface area contributed by atoms with E-state index in [9.17, 15) is 4.79 Å². The molecule has 22 heavy (non-hydrogen) atoms. The van der Waals surface area contributed by atoms with Gasteiger partial charge < -0.3 is 19.2 Å². The zero-order valence-electron chi connectivity index (χ0n) is 12.6. The van der Waals surface area contributed by atoms with Gasteiger partial charge in [-0.15, -0.1) is 0 Å². The summed E-state index contributed by atoms with van der Waals surface area (Å²) in [5, 5.41) is 2.81.